The second-order valence-corrected chi connectivity index (χ2v) is 7.43. The number of unbranched alkanes of at least 4 members (excludes halogenated alkanes) is 4. The fourth-order valence-corrected chi connectivity index (χ4v) is 3.82. The summed E-state index contributed by atoms with van der Waals surface area (Å²) in [4.78, 5) is 0. The molecule has 0 aliphatic carbocycles. The Morgan fingerprint density at radius 3 is 1.89 bits per heavy atom. The summed E-state index contributed by atoms with van der Waals surface area (Å²) in [6, 6.07) is 0. The molecular weight excluding hydrogens is 256 g/mol. The predicted molar refractivity (Wildman–Crippen MR) is 83.1 cm³/mol. The molecule has 0 aromatic rings. The fourth-order valence-electron chi connectivity index (χ4n) is 1.89. The van der Waals surface area contributed by atoms with Crippen LogP contribution in [0.25, 0.3) is 0 Å². The van der Waals surface area contributed by atoms with E-state index in [0.29, 0.717) is 0 Å². The van der Waals surface area contributed by atoms with Gasteiger partial charge in [0.15, 0.2) is 0 Å². The molecule has 0 aliphatic rings. The van der Waals surface area contributed by atoms with Gasteiger partial charge in [0.05, 0.1) is 0 Å². The zero-order valence-corrected chi connectivity index (χ0v) is 14.2. The van der Waals surface area contributed by atoms with Gasteiger partial charge in [-0.1, -0.05) is 57.8 Å². The minimum Gasteiger partial charge on any atom is -0.373 e. The zero-order chi connectivity index (χ0) is 14.6. The van der Waals surface area contributed by atoms with Gasteiger partial charge in [-0.2, -0.15) is 0 Å². The maximum atomic E-state index is 5.56. The lowest BCUT2D eigenvalue weighted by Gasteiger charge is -2.25. The third-order valence-electron chi connectivity index (χ3n) is 3.10. The Balaban J connectivity index is 4.91. The lowest BCUT2D eigenvalue weighted by molar-refractivity contribution is 0.135. The smallest absolute Gasteiger partial charge is 0.373 e. The molecule has 0 amide bonds. The van der Waals surface area contributed by atoms with Crippen molar-refractivity contribution >= 4 is 8.80 Å². The van der Waals surface area contributed by atoms with E-state index < -0.39 is 8.80 Å². The number of allylic oxidation sites excluding steroid dienone is 4. The Kier molecular flexibility index (Phi) is 11.2. The predicted octanol–water partition coefficient (Wildman–Crippen LogP) is 4.27. The van der Waals surface area contributed by atoms with Crippen LogP contribution >= 0.6 is 0 Å². The van der Waals surface area contributed by atoms with Crippen molar-refractivity contribution in [1.29, 1.82) is 0 Å². The molecule has 0 N–H and O–H groups in total. The fraction of sp³-hybridized carbons (Fsp3) is 0.733. The number of hydrogen-bond acceptors (Lipinski definition) is 3. The molecule has 4 heteroatoms. The van der Waals surface area contributed by atoms with Gasteiger partial charge in [-0.25, -0.2) is 0 Å². The first-order valence-electron chi connectivity index (χ1n) is 7.23. The first kappa shape index (κ1) is 18.6. The minimum absolute atomic E-state index is 1.04. The van der Waals surface area contributed by atoms with E-state index in [2.05, 4.69) is 32.1 Å². The molecule has 0 radical (unpaired) electrons. The molecular formula is C15H30O3Si. The molecule has 0 atom stereocenters. The van der Waals surface area contributed by atoms with Crippen LogP contribution in [0.2, 0.25) is 0 Å². The molecule has 0 aliphatic heterocycles. The zero-order valence-electron chi connectivity index (χ0n) is 13.2. The van der Waals surface area contributed by atoms with E-state index in [4.69, 9.17) is 13.3 Å². The Bertz CT molecular complexity index is 262. The van der Waals surface area contributed by atoms with Gasteiger partial charge in [0, 0.05) is 26.5 Å². The van der Waals surface area contributed by atoms with Crippen molar-refractivity contribution in [2.24, 2.45) is 0 Å². The summed E-state index contributed by atoms with van der Waals surface area (Å²) in [5.41, 5.74) is 0. The molecule has 19 heavy (non-hydrogen) atoms. The molecule has 3 nitrogen and oxygen atoms in total. The van der Waals surface area contributed by atoms with Crippen LogP contribution in [0, 0.1) is 0 Å². The Labute approximate surface area is 120 Å². The molecule has 0 aromatic carbocycles. The minimum atomic E-state index is -2.68. The topological polar surface area (TPSA) is 27.7 Å². The highest BCUT2D eigenvalue weighted by Crippen LogP contribution is 2.21. The quantitative estimate of drug-likeness (QED) is 0.322. The van der Waals surface area contributed by atoms with Crippen molar-refractivity contribution in [2.45, 2.75) is 52.4 Å². The molecule has 0 heterocycles. The summed E-state index contributed by atoms with van der Waals surface area (Å²) in [5.74, 6) is 0. The van der Waals surface area contributed by atoms with Crippen LogP contribution in [0.15, 0.2) is 23.4 Å². The molecule has 0 saturated carbocycles. The van der Waals surface area contributed by atoms with E-state index in [1.54, 1.807) is 21.3 Å². The highest BCUT2D eigenvalue weighted by molar-refractivity contribution is 6.69. The van der Waals surface area contributed by atoms with Gasteiger partial charge in [-0.15, -0.1) is 0 Å². The van der Waals surface area contributed by atoms with E-state index in [0.717, 1.165) is 18.0 Å². The lowest BCUT2D eigenvalue weighted by Crippen LogP contribution is -2.45. The third-order valence-corrected chi connectivity index (χ3v) is 5.79. The second-order valence-electron chi connectivity index (χ2n) is 4.51. The van der Waals surface area contributed by atoms with Gasteiger partial charge in [-0.05, 0) is 12.8 Å². The van der Waals surface area contributed by atoms with Crippen molar-refractivity contribution in [3.63, 3.8) is 0 Å². The van der Waals surface area contributed by atoms with Crippen molar-refractivity contribution < 1.29 is 13.3 Å². The molecule has 0 fully saturated rings. The SMILES string of the molecule is CCCCC=CC(=CCCCC)[Si](OC)(OC)OC. The molecule has 0 aromatic heterocycles. The third kappa shape index (κ3) is 6.52. The standard InChI is InChI=1S/C15H30O3Si/c1-6-8-10-12-14-15(13-11-9-7-2)19(16-3,17-4)18-5/h12-14H,6-11H2,1-5H3. The Hall–Kier alpha value is -0.423. The van der Waals surface area contributed by atoms with Gasteiger partial charge in [0.1, 0.15) is 0 Å². The van der Waals surface area contributed by atoms with E-state index in [9.17, 15) is 0 Å². The van der Waals surface area contributed by atoms with E-state index in [-0.39, 0.29) is 0 Å². The van der Waals surface area contributed by atoms with Crippen LogP contribution in [-0.4, -0.2) is 30.1 Å². The summed E-state index contributed by atoms with van der Waals surface area (Å²) in [5, 5.41) is 1.07. The summed E-state index contributed by atoms with van der Waals surface area (Å²) in [7, 11) is 2.30. The van der Waals surface area contributed by atoms with Crippen LogP contribution in [-0.2, 0) is 13.3 Å². The van der Waals surface area contributed by atoms with Gasteiger partial charge in [-0.3, -0.25) is 0 Å². The summed E-state index contributed by atoms with van der Waals surface area (Å²) in [6.45, 7) is 4.39. The van der Waals surface area contributed by atoms with Crippen molar-refractivity contribution in [1.82, 2.24) is 0 Å². The lowest BCUT2D eigenvalue weighted by atomic mass is 10.2. The Morgan fingerprint density at radius 2 is 1.42 bits per heavy atom. The van der Waals surface area contributed by atoms with E-state index in [1.807, 2.05) is 0 Å². The molecule has 0 saturated heterocycles. The highest BCUT2D eigenvalue weighted by atomic mass is 28.4. The first-order valence-corrected chi connectivity index (χ1v) is 8.95. The second kappa shape index (κ2) is 11.4. The van der Waals surface area contributed by atoms with E-state index in [1.165, 1.54) is 25.7 Å². The number of hydrogen-bond donors (Lipinski definition) is 0. The average Bonchev–Trinajstić information content (AvgIpc) is 2.45. The van der Waals surface area contributed by atoms with Crippen LogP contribution in [0.5, 0.6) is 0 Å². The van der Waals surface area contributed by atoms with Gasteiger partial charge < -0.3 is 13.3 Å². The van der Waals surface area contributed by atoms with Gasteiger partial charge in [0.25, 0.3) is 0 Å². The summed E-state index contributed by atoms with van der Waals surface area (Å²) >= 11 is 0. The molecule has 0 unspecified atom stereocenters. The first-order chi connectivity index (χ1) is 9.20. The van der Waals surface area contributed by atoms with Gasteiger partial charge >= 0.3 is 8.80 Å². The van der Waals surface area contributed by atoms with Gasteiger partial charge in [0.2, 0.25) is 0 Å². The summed E-state index contributed by atoms with van der Waals surface area (Å²) in [6.07, 6.45) is 13.4. The molecule has 0 bridgehead atoms. The molecule has 0 spiro atoms. The molecule has 0 rings (SSSR count). The molecule has 112 valence electrons. The monoisotopic (exact) mass is 286 g/mol. The highest BCUT2D eigenvalue weighted by Gasteiger charge is 2.41. The average molecular weight is 286 g/mol. The summed E-state index contributed by atoms with van der Waals surface area (Å²) < 4.78 is 16.7. The van der Waals surface area contributed by atoms with E-state index >= 15 is 0 Å². The maximum absolute atomic E-state index is 5.56. The normalized spacial score (nSPS) is 13.4. The maximum Gasteiger partial charge on any atom is 0.536 e. The largest absolute Gasteiger partial charge is 0.536 e. The van der Waals surface area contributed by atoms with Crippen molar-refractivity contribution in [2.75, 3.05) is 21.3 Å². The van der Waals surface area contributed by atoms with Crippen LogP contribution in [0.3, 0.4) is 0 Å². The van der Waals surface area contributed by atoms with Crippen molar-refractivity contribution in [3.8, 4) is 0 Å². The van der Waals surface area contributed by atoms with Crippen LogP contribution in [0.1, 0.15) is 52.4 Å². The van der Waals surface area contributed by atoms with Crippen LogP contribution in [0.4, 0.5) is 0 Å². The Morgan fingerprint density at radius 1 is 0.895 bits per heavy atom. The van der Waals surface area contributed by atoms with Crippen LogP contribution < -0.4 is 0 Å². The van der Waals surface area contributed by atoms with Crippen molar-refractivity contribution in [3.05, 3.63) is 23.4 Å². The number of rotatable bonds is 11.